The molecule has 0 bridgehead atoms. The molecule has 0 saturated heterocycles. The largest absolute Gasteiger partial charge is 0.475 e. The Morgan fingerprint density at radius 1 is 1.39 bits per heavy atom. The predicted octanol–water partition coefficient (Wildman–Crippen LogP) is 2.32. The molecule has 0 spiro atoms. The normalized spacial score (nSPS) is 10.3. The Kier molecular flexibility index (Phi) is 3.32. The number of carboxylic acid groups (broad SMARTS) is 1. The number of aryl methyl sites for hydroxylation is 1. The zero-order valence-corrected chi connectivity index (χ0v) is 10.3. The SMILES string of the molecule is Cc1cccc(CN(C)c2ccc(C(=O)O)o2)n1. The molecule has 1 N–H and O–H groups in total. The molecular formula is C13H14N2O3. The van der Waals surface area contributed by atoms with Crippen molar-refractivity contribution in [1.82, 2.24) is 4.98 Å². The van der Waals surface area contributed by atoms with Gasteiger partial charge in [0.1, 0.15) is 0 Å². The van der Waals surface area contributed by atoms with Crippen molar-refractivity contribution < 1.29 is 14.3 Å². The van der Waals surface area contributed by atoms with Gasteiger partial charge in [-0.1, -0.05) is 6.07 Å². The number of hydrogen-bond donors (Lipinski definition) is 1. The highest BCUT2D eigenvalue weighted by Crippen LogP contribution is 2.18. The molecule has 0 radical (unpaired) electrons. The molecule has 2 rings (SSSR count). The first-order chi connectivity index (χ1) is 8.56. The summed E-state index contributed by atoms with van der Waals surface area (Å²) in [7, 11) is 1.83. The molecule has 0 aromatic carbocycles. The number of hydrogen-bond acceptors (Lipinski definition) is 4. The van der Waals surface area contributed by atoms with E-state index < -0.39 is 5.97 Å². The Morgan fingerprint density at radius 2 is 2.17 bits per heavy atom. The van der Waals surface area contributed by atoms with Gasteiger partial charge in [-0.05, 0) is 25.1 Å². The first-order valence-electron chi connectivity index (χ1n) is 5.53. The lowest BCUT2D eigenvalue weighted by Gasteiger charge is -2.15. The van der Waals surface area contributed by atoms with E-state index >= 15 is 0 Å². The van der Waals surface area contributed by atoms with Gasteiger partial charge >= 0.3 is 5.97 Å². The van der Waals surface area contributed by atoms with Crippen LogP contribution < -0.4 is 4.90 Å². The molecule has 5 heteroatoms. The summed E-state index contributed by atoms with van der Waals surface area (Å²) in [6.45, 7) is 2.49. The number of nitrogens with zero attached hydrogens (tertiary/aromatic N) is 2. The summed E-state index contributed by atoms with van der Waals surface area (Å²) in [5, 5.41) is 8.78. The molecule has 0 saturated carbocycles. The Labute approximate surface area is 105 Å². The quantitative estimate of drug-likeness (QED) is 0.896. The van der Waals surface area contributed by atoms with Crippen LogP contribution in [0, 0.1) is 6.92 Å². The standard InChI is InChI=1S/C13H14N2O3/c1-9-4-3-5-10(14-9)8-15(2)12-7-6-11(18-12)13(16)17/h3-7H,8H2,1-2H3,(H,16,17). The summed E-state index contributed by atoms with van der Waals surface area (Å²) >= 11 is 0. The molecule has 2 heterocycles. The van der Waals surface area contributed by atoms with E-state index in [-0.39, 0.29) is 5.76 Å². The fourth-order valence-corrected chi connectivity index (χ4v) is 1.66. The highest BCUT2D eigenvalue weighted by molar-refractivity contribution is 5.84. The average Bonchev–Trinajstić information content (AvgIpc) is 2.78. The monoisotopic (exact) mass is 246 g/mol. The number of furan rings is 1. The van der Waals surface area contributed by atoms with Gasteiger partial charge in [0.05, 0.1) is 12.2 Å². The molecule has 0 unspecified atom stereocenters. The minimum atomic E-state index is -1.07. The number of rotatable bonds is 4. The summed E-state index contributed by atoms with van der Waals surface area (Å²) < 4.78 is 5.21. The third-order valence-corrected chi connectivity index (χ3v) is 2.52. The van der Waals surface area contributed by atoms with Gasteiger partial charge in [-0.25, -0.2) is 4.79 Å². The van der Waals surface area contributed by atoms with Crippen LogP contribution in [0.2, 0.25) is 0 Å². The summed E-state index contributed by atoms with van der Waals surface area (Å²) in [5.74, 6) is -0.618. The van der Waals surface area contributed by atoms with Gasteiger partial charge in [0.2, 0.25) is 5.76 Å². The highest BCUT2D eigenvalue weighted by Gasteiger charge is 2.12. The Morgan fingerprint density at radius 3 is 2.78 bits per heavy atom. The van der Waals surface area contributed by atoms with Crippen LogP contribution in [-0.2, 0) is 6.54 Å². The van der Waals surface area contributed by atoms with Crippen LogP contribution in [0.4, 0.5) is 5.88 Å². The third kappa shape index (κ3) is 2.68. The van der Waals surface area contributed by atoms with Crippen molar-refractivity contribution >= 4 is 11.9 Å². The molecule has 0 fully saturated rings. The molecule has 5 nitrogen and oxygen atoms in total. The second-order valence-corrected chi connectivity index (χ2v) is 4.07. The van der Waals surface area contributed by atoms with Gasteiger partial charge in [0.15, 0.2) is 5.88 Å². The van der Waals surface area contributed by atoms with Crippen molar-refractivity contribution in [3.8, 4) is 0 Å². The van der Waals surface area contributed by atoms with Gasteiger partial charge in [0.25, 0.3) is 0 Å². The van der Waals surface area contributed by atoms with Crippen molar-refractivity contribution in [2.24, 2.45) is 0 Å². The topological polar surface area (TPSA) is 66.6 Å². The summed E-state index contributed by atoms with van der Waals surface area (Å²) in [6.07, 6.45) is 0. The zero-order chi connectivity index (χ0) is 13.1. The van der Waals surface area contributed by atoms with Gasteiger partial charge in [0, 0.05) is 18.8 Å². The Hall–Kier alpha value is -2.30. The lowest BCUT2D eigenvalue weighted by Crippen LogP contribution is -2.16. The molecule has 94 valence electrons. The van der Waals surface area contributed by atoms with Gasteiger partial charge in [-0.2, -0.15) is 0 Å². The number of carboxylic acids is 1. The molecule has 0 aliphatic rings. The lowest BCUT2D eigenvalue weighted by molar-refractivity contribution is 0.0663. The van der Waals surface area contributed by atoms with E-state index in [4.69, 9.17) is 9.52 Å². The van der Waals surface area contributed by atoms with Crippen molar-refractivity contribution in [1.29, 1.82) is 0 Å². The first kappa shape index (κ1) is 12.2. The maximum atomic E-state index is 10.7. The van der Waals surface area contributed by atoms with E-state index in [2.05, 4.69) is 4.98 Å². The lowest BCUT2D eigenvalue weighted by atomic mass is 10.3. The third-order valence-electron chi connectivity index (χ3n) is 2.52. The van der Waals surface area contributed by atoms with Crippen LogP contribution in [0.5, 0.6) is 0 Å². The average molecular weight is 246 g/mol. The van der Waals surface area contributed by atoms with Crippen LogP contribution >= 0.6 is 0 Å². The predicted molar refractivity (Wildman–Crippen MR) is 66.7 cm³/mol. The summed E-state index contributed by atoms with van der Waals surface area (Å²) in [4.78, 5) is 16.9. The van der Waals surface area contributed by atoms with E-state index in [0.717, 1.165) is 11.4 Å². The Balaban J connectivity index is 2.11. The van der Waals surface area contributed by atoms with E-state index in [1.165, 1.54) is 6.07 Å². The molecule has 2 aromatic rings. The van der Waals surface area contributed by atoms with Gasteiger partial charge in [-0.3, -0.25) is 4.98 Å². The molecule has 0 atom stereocenters. The van der Waals surface area contributed by atoms with Crippen LogP contribution in [0.15, 0.2) is 34.7 Å². The molecule has 0 amide bonds. The van der Waals surface area contributed by atoms with Crippen molar-refractivity contribution in [2.75, 3.05) is 11.9 Å². The highest BCUT2D eigenvalue weighted by atomic mass is 16.4. The van der Waals surface area contributed by atoms with E-state index in [9.17, 15) is 4.79 Å². The Bertz CT molecular complexity index is 563. The van der Waals surface area contributed by atoms with Crippen molar-refractivity contribution in [3.05, 3.63) is 47.5 Å². The summed E-state index contributed by atoms with van der Waals surface area (Å²) in [6, 6.07) is 8.87. The molecular weight excluding hydrogens is 232 g/mol. The molecule has 0 aliphatic carbocycles. The van der Waals surface area contributed by atoms with Crippen molar-refractivity contribution in [3.63, 3.8) is 0 Å². The number of carbonyl (C=O) groups is 1. The van der Waals surface area contributed by atoms with Crippen LogP contribution in [-0.4, -0.2) is 23.1 Å². The number of aromatic nitrogens is 1. The minimum absolute atomic E-state index is 0.0611. The maximum absolute atomic E-state index is 10.7. The minimum Gasteiger partial charge on any atom is -0.475 e. The van der Waals surface area contributed by atoms with Gasteiger partial charge in [-0.15, -0.1) is 0 Å². The second kappa shape index (κ2) is 4.91. The summed E-state index contributed by atoms with van der Waals surface area (Å²) in [5.41, 5.74) is 1.86. The molecule has 18 heavy (non-hydrogen) atoms. The van der Waals surface area contributed by atoms with Crippen molar-refractivity contribution in [2.45, 2.75) is 13.5 Å². The zero-order valence-electron chi connectivity index (χ0n) is 10.3. The van der Waals surface area contributed by atoms with Crippen LogP contribution in [0.3, 0.4) is 0 Å². The second-order valence-electron chi connectivity index (χ2n) is 4.07. The van der Waals surface area contributed by atoms with E-state index in [0.29, 0.717) is 12.4 Å². The number of aromatic carboxylic acids is 1. The van der Waals surface area contributed by atoms with E-state index in [1.54, 1.807) is 6.07 Å². The van der Waals surface area contributed by atoms with E-state index in [1.807, 2.05) is 37.1 Å². The first-order valence-corrected chi connectivity index (χ1v) is 5.53. The van der Waals surface area contributed by atoms with Crippen LogP contribution in [0.25, 0.3) is 0 Å². The van der Waals surface area contributed by atoms with Gasteiger partial charge < -0.3 is 14.4 Å². The molecule has 0 aliphatic heterocycles. The number of pyridine rings is 1. The van der Waals surface area contributed by atoms with Crippen LogP contribution in [0.1, 0.15) is 21.9 Å². The number of anilines is 1. The maximum Gasteiger partial charge on any atom is 0.371 e. The molecule has 2 aromatic heterocycles. The fourth-order valence-electron chi connectivity index (χ4n) is 1.66. The fraction of sp³-hybridized carbons (Fsp3) is 0.231. The smallest absolute Gasteiger partial charge is 0.371 e.